The molecule has 102 valence electrons. The molecule has 0 saturated carbocycles. The van der Waals surface area contributed by atoms with Gasteiger partial charge in [0.2, 0.25) is 15.9 Å². The first-order chi connectivity index (χ1) is 8.86. The van der Waals surface area contributed by atoms with Gasteiger partial charge in [-0.25, -0.2) is 13.1 Å². The van der Waals surface area contributed by atoms with Crippen molar-refractivity contribution in [3.63, 3.8) is 0 Å². The molecule has 1 rings (SSSR count). The van der Waals surface area contributed by atoms with Gasteiger partial charge in [0.15, 0.2) is 0 Å². The molecule has 19 heavy (non-hydrogen) atoms. The molecule has 0 bridgehead atoms. The smallest absolute Gasteiger partial charge is 0.241 e. The highest BCUT2D eigenvalue weighted by molar-refractivity contribution is 7.89. The third kappa shape index (κ3) is 4.24. The lowest BCUT2D eigenvalue weighted by Gasteiger charge is -2.08. The van der Waals surface area contributed by atoms with E-state index in [1.54, 1.807) is 6.07 Å². The van der Waals surface area contributed by atoms with Gasteiger partial charge in [-0.3, -0.25) is 4.79 Å². The van der Waals surface area contributed by atoms with Crippen LogP contribution >= 0.6 is 0 Å². The van der Waals surface area contributed by atoms with Crippen LogP contribution < -0.4 is 16.2 Å². The minimum Gasteiger partial charge on any atom is -0.399 e. The molecule has 1 amide bonds. The molecule has 0 fully saturated rings. The number of hydrogen-bond donors (Lipinski definition) is 3. The first-order valence-corrected chi connectivity index (χ1v) is 6.92. The summed E-state index contributed by atoms with van der Waals surface area (Å²) in [6.45, 7) is 0.0700. The second-order valence-corrected chi connectivity index (χ2v) is 5.57. The highest BCUT2D eigenvalue weighted by Crippen LogP contribution is 2.17. The lowest BCUT2D eigenvalue weighted by molar-refractivity contribution is -0.118. The van der Waals surface area contributed by atoms with E-state index in [9.17, 15) is 13.2 Å². The van der Waals surface area contributed by atoms with Gasteiger partial charge in [-0.1, -0.05) is 0 Å². The highest BCUT2D eigenvalue weighted by Gasteiger charge is 2.18. The van der Waals surface area contributed by atoms with Crippen molar-refractivity contribution in [3.05, 3.63) is 23.8 Å². The zero-order valence-electron chi connectivity index (χ0n) is 10.1. The summed E-state index contributed by atoms with van der Waals surface area (Å²) in [5.74, 6) is -0.496. The number of benzene rings is 1. The number of nitrogen functional groups attached to an aromatic ring is 1. The number of amides is 1. The number of anilines is 1. The van der Waals surface area contributed by atoms with Crippen LogP contribution in [-0.4, -0.2) is 20.9 Å². The maximum absolute atomic E-state index is 11.9. The Morgan fingerprint density at radius 1 is 1.42 bits per heavy atom. The molecule has 1 aromatic rings. The Morgan fingerprint density at radius 3 is 2.68 bits per heavy atom. The Morgan fingerprint density at radius 2 is 2.11 bits per heavy atom. The number of rotatable bonds is 6. The van der Waals surface area contributed by atoms with Gasteiger partial charge in [0.05, 0.1) is 10.5 Å². The Balaban J connectivity index is 2.84. The van der Waals surface area contributed by atoms with Crippen molar-refractivity contribution >= 4 is 21.6 Å². The van der Waals surface area contributed by atoms with Crippen molar-refractivity contribution in [3.8, 4) is 6.07 Å². The van der Waals surface area contributed by atoms with E-state index >= 15 is 0 Å². The molecule has 0 aromatic heterocycles. The molecule has 7 nitrogen and oxygen atoms in total. The molecule has 0 aliphatic heterocycles. The summed E-state index contributed by atoms with van der Waals surface area (Å²) >= 11 is 0. The molecule has 0 heterocycles. The summed E-state index contributed by atoms with van der Waals surface area (Å²) in [5.41, 5.74) is 10.7. The molecule has 1 aromatic carbocycles. The monoisotopic (exact) mass is 282 g/mol. The van der Waals surface area contributed by atoms with Gasteiger partial charge in [-0.15, -0.1) is 0 Å². The van der Waals surface area contributed by atoms with E-state index in [0.717, 1.165) is 0 Å². The first kappa shape index (κ1) is 14.9. The lowest BCUT2D eigenvalue weighted by Crippen LogP contribution is -2.26. The van der Waals surface area contributed by atoms with Gasteiger partial charge in [0, 0.05) is 18.7 Å². The quantitative estimate of drug-likeness (QED) is 0.485. The molecule has 8 heteroatoms. The summed E-state index contributed by atoms with van der Waals surface area (Å²) in [5, 5.41) is 8.89. The van der Waals surface area contributed by atoms with Crippen LogP contribution in [-0.2, 0) is 14.8 Å². The number of nitriles is 1. The number of hydrogen-bond acceptors (Lipinski definition) is 5. The number of carbonyl (C=O) groups is 1. The van der Waals surface area contributed by atoms with E-state index in [1.165, 1.54) is 18.2 Å². The maximum Gasteiger partial charge on any atom is 0.241 e. The first-order valence-electron chi connectivity index (χ1n) is 5.44. The lowest BCUT2D eigenvalue weighted by atomic mass is 10.2. The standard InChI is InChI=1S/C11H14N4O3S/c12-7-8-6-9(13)3-4-10(8)19(17,18)15-5-1-2-11(14)16/h3-4,6,15H,1-2,5,13H2,(H2,14,16). The fraction of sp³-hybridized carbons (Fsp3) is 0.273. The van der Waals surface area contributed by atoms with Crippen molar-refractivity contribution in [1.29, 1.82) is 5.26 Å². The largest absolute Gasteiger partial charge is 0.399 e. The number of nitrogens with two attached hydrogens (primary N) is 2. The summed E-state index contributed by atoms with van der Waals surface area (Å²) in [6, 6.07) is 5.74. The van der Waals surface area contributed by atoms with E-state index in [4.69, 9.17) is 16.7 Å². The van der Waals surface area contributed by atoms with Crippen LogP contribution in [0.2, 0.25) is 0 Å². The van der Waals surface area contributed by atoms with Gasteiger partial charge in [0.25, 0.3) is 0 Å². The Labute approximate surface area is 111 Å². The molecular formula is C11H14N4O3S. The molecule has 0 saturated heterocycles. The van der Waals surface area contributed by atoms with Crippen molar-refractivity contribution in [2.75, 3.05) is 12.3 Å². The fourth-order valence-corrected chi connectivity index (χ4v) is 2.63. The molecule has 5 N–H and O–H groups in total. The van der Waals surface area contributed by atoms with Gasteiger partial charge < -0.3 is 11.5 Å². The topological polar surface area (TPSA) is 139 Å². The predicted octanol–water partition coefficient (Wildman–Crippen LogP) is -0.316. The molecular weight excluding hydrogens is 268 g/mol. The van der Waals surface area contributed by atoms with E-state index in [0.29, 0.717) is 12.1 Å². The van der Waals surface area contributed by atoms with Crippen molar-refractivity contribution < 1.29 is 13.2 Å². The van der Waals surface area contributed by atoms with Crippen molar-refractivity contribution in [1.82, 2.24) is 4.72 Å². The molecule has 0 spiro atoms. The normalized spacial score (nSPS) is 10.9. The van der Waals surface area contributed by atoms with Gasteiger partial charge >= 0.3 is 0 Å². The molecule has 0 unspecified atom stereocenters. The average molecular weight is 282 g/mol. The number of nitrogens with zero attached hydrogens (tertiary/aromatic N) is 1. The van der Waals surface area contributed by atoms with Crippen LogP contribution in [0.4, 0.5) is 5.69 Å². The number of sulfonamides is 1. The van der Waals surface area contributed by atoms with Crippen LogP contribution in [0.5, 0.6) is 0 Å². The van der Waals surface area contributed by atoms with Crippen LogP contribution in [0.25, 0.3) is 0 Å². The van der Waals surface area contributed by atoms with Gasteiger partial charge in [0.1, 0.15) is 6.07 Å². The van der Waals surface area contributed by atoms with Gasteiger partial charge in [-0.05, 0) is 24.6 Å². The number of nitrogens with one attached hydrogen (secondary N) is 1. The summed E-state index contributed by atoms with van der Waals surface area (Å²) in [4.78, 5) is 10.4. The number of carbonyl (C=O) groups excluding carboxylic acids is 1. The SMILES string of the molecule is N#Cc1cc(N)ccc1S(=O)(=O)NCCCC(N)=O. The predicted molar refractivity (Wildman–Crippen MR) is 69.2 cm³/mol. The number of primary amides is 1. The zero-order valence-corrected chi connectivity index (χ0v) is 10.9. The van der Waals surface area contributed by atoms with Crippen LogP contribution in [0.1, 0.15) is 18.4 Å². The maximum atomic E-state index is 11.9. The molecule has 0 aliphatic rings. The van der Waals surface area contributed by atoms with Crippen molar-refractivity contribution in [2.45, 2.75) is 17.7 Å². The van der Waals surface area contributed by atoms with E-state index in [2.05, 4.69) is 4.72 Å². The zero-order chi connectivity index (χ0) is 14.5. The van der Waals surface area contributed by atoms with Gasteiger partial charge in [-0.2, -0.15) is 5.26 Å². The molecule has 0 aliphatic carbocycles. The highest BCUT2D eigenvalue weighted by atomic mass is 32.2. The third-order valence-electron chi connectivity index (χ3n) is 2.31. The molecule has 0 radical (unpaired) electrons. The second kappa shape index (κ2) is 6.17. The summed E-state index contributed by atoms with van der Waals surface area (Å²) < 4.78 is 26.2. The summed E-state index contributed by atoms with van der Waals surface area (Å²) in [7, 11) is -3.80. The fourth-order valence-electron chi connectivity index (χ4n) is 1.42. The van der Waals surface area contributed by atoms with E-state index in [1.807, 2.05) is 0 Å². The Bertz CT molecular complexity index is 619. The van der Waals surface area contributed by atoms with E-state index in [-0.39, 0.29) is 23.4 Å². The molecule has 0 atom stereocenters. The van der Waals surface area contributed by atoms with Crippen molar-refractivity contribution in [2.24, 2.45) is 5.73 Å². The van der Waals surface area contributed by atoms with Crippen LogP contribution in [0.15, 0.2) is 23.1 Å². The second-order valence-electron chi connectivity index (χ2n) is 3.84. The van der Waals surface area contributed by atoms with Crippen LogP contribution in [0, 0.1) is 11.3 Å². The summed E-state index contributed by atoms with van der Waals surface area (Å²) in [6.07, 6.45) is 0.390. The van der Waals surface area contributed by atoms with Crippen LogP contribution in [0.3, 0.4) is 0 Å². The minimum absolute atomic E-state index is 0.0256. The van der Waals surface area contributed by atoms with E-state index < -0.39 is 15.9 Å². The minimum atomic E-state index is -3.80. The third-order valence-corrected chi connectivity index (χ3v) is 3.82. The average Bonchev–Trinajstić information content (AvgIpc) is 2.34. The Hall–Kier alpha value is -2.11. The Kier molecular flexibility index (Phi) is 4.86.